The Bertz CT molecular complexity index is 1690. The highest BCUT2D eigenvalue weighted by molar-refractivity contribution is 6.00. The van der Waals surface area contributed by atoms with Gasteiger partial charge in [0.15, 0.2) is 0 Å². The van der Waals surface area contributed by atoms with E-state index in [2.05, 4.69) is 37.4 Å². The van der Waals surface area contributed by atoms with Crippen LogP contribution < -0.4 is 16.0 Å². The van der Waals surface area contributed by atoms with Crippen LogP contribution in [-0.4, -0.2) is 54.4 Å². The number of ether oxygens (including phenoxy) is 1. The Kier molecular flexibility index (Phi) is 5.25. The molecule has 2 aliphatic heterocycles. The number of nitrogens with one attached hydrogen (secondary N) is 1. The fourth-order valence-corrected chi connectivity index (χ4v) is 5.23. The molecule has 11 nitrogen and oxygen atoms in total. The number of fused-ring (bicyclic) bond motifs is 2. The predicted octanol–water partition coefficient (Wildman–Crippen LogP) is 3.49. The van der Waals surface area contributed by atoms with Gasteiger partial charge in [0, 0.05) is 49.2 Å². The third kappa shape index (κ3) is 3.82. The lowest BCUT2D eigenvalue weighted by atomic mass is 10.1. The van der Waals surface area contributed by atoms with Crippen molar-refractivity contribution in [2.45, 2.75) is 31.6 Å². The first kappa shape index (κ1) is 22.7. The normalized spacial score (nSPS) is 19.2. The van der Waals surface area contributed by atoms with Gasteiger partial charge in [0.1, 0.15) is 35.9 Å². The highest BCUT2D eigenvalue weighted by atomic mass is 16.5. The molecule has 38 heavy (non-hydrogen) atoms. The van der Waals surface area contributed by atoms with E-state index in [1.807, 2.05) is 48.3 Å². The van der Waals surface area contributed by atoms with Crippen molar-refractivity contribution in [2.24, 2.45) is 7.05 Å². The molecule has 11 heteroatoms. The second kappa shape index (κ2) is 8.80. The molecule has 1 amide bonds. The number of carbonyl (C=O) groups excluding carboxylic acids is 1. The largest absolute Gasteiger partial charge is 0.383 e. The quantitative estimate of drug-likeness (QED) is 0.368. The average molecular weight is 510 g/mol. The maximum atomic E-state index is 13.2. The summed E-state index contributed by atoms with van der Waals surface area (Å²) in [5.74, 6) is 1.17. The van der Waals surface area contributed by atoms with E-state index in [0.717, 1.165) is 46.5 Å². The second-order valence-electron chi connectivity index (χ2n) is 9.85. The maximum absolute atomic E-state index is 13.2. The number of aromatic nitrogens is 6. The lowest BCUT2D eigenvalue weighted by molar-refractivity contribution is -0.128. The lowest BCUT2D eigenvalue weighted by Gasteiger charge is -2.32. The minimum atomic E-state index is -0.592. The Balaban J connectivity index is 1.11. The van der Waals surface area contributed by atoms with Crippen LogP contribution in [0.15, 0.2) is 55.1 Å². The molecule has 2 aliphatic rings. The fourth-order valence-electron chi connectivity index (χ4n) is 5.23. The van der Waals surface area contributed by atoms with Crippen molar-refractivity contribution in [3.05, 3.63) is 55.1 Å². The summed E-state index contributed by atoms with van der Waals surface area (Å²) >= 11 is 0. The monoisotopic (exact) mass is 509 g/mol. The van der Waals surface area contributed by atoms with Gasteiger partial charge in [-0.05, 0) is 49.6 Å². The van der Waals surface area contributed by atoms with Gasteiger partial charge in [-0.1, -0.05) is 6.07 Å². The van der Waals surface area contributed by atoms with Crippen molar-refractivity contribution in [3.8, 4) is 11.3 Å². The Morgan fingerprint density at radius 2 is 2.00 bits per heavy atom. The minimum Gasteiger partial charge on any atom is -0.383 e. The van der Waals surface area contributed by atoms with Gasteiger partial charge >= 0.3 is 0 Å². The van der Waals surface area contributed by atoms with Crippen LogP contribution in [0.1, 0.15) is 25.5 Å². The summed E-state index contributed by atoms with van der Waals surface area (Å²) in [6.45, 7) is 2.07. The molecule has 3 N–H and O–H groups in total. The molecule has 1 aromatic carbocycles. The molecule has 2 saturated heterocycles. The molecule has 0 bridgehead atoms. The van der Waals surface area contributed by atoms with Gasteiger partial charge in [0.25, 0.3) is 5.91 Å². The molecule has 2 unspecified atom stereocenters. The average Bonchev–Trinajstić information content (AvgIpc) is 3.61. The molecule has 2 fully saturated rings. The zero-order valence-electron chi connectivity index (χ0n) is 20.9. The zero-order chi connectivity index (χ0) is 25.8. The van der Waals surface area contributed by atoms with Crippen molar-refractivity contribution in [1.29, 1.82) is 0 Å². The maximum Gasteiger partial charge on any atom is 0.253 e. The third-order valence-electron chi connectivity index (χ3n) is 7.35. The molecule has 6 heterocycles. The summed E-state index contributed by atoms with van der Waals surface area (Å²) in [6.07, 6.45) is 6.74. The molecular formula is C27H27N9O2. The van der Waals surface area contributed by atoms with Gasteiger partial charge in [0.05, 0.1) is 16.6 Å². The first-order chi connectivity index (χ1) is 18.5. The van der Waals surface area contributed by atoms with Gasteiger partial charge < -0.3 is 25.3 Å². The Hall–Kier alpha value is -4.51. The van der Waals surface area contributed by atoms with Crippen LogP contribution in [0.4, 0.5) is 17.3 Å². The van der Waals surface area contributed by atoms with Crippen LogP contribution >= 0.6 is 0 Å². The summed E-state index contributed by atoms with van der Waals surface area (Å²) in [7, 11) is 1.86. The van der Waals surface area contributed by atoms with Gasteiger partial charge in [-0.15, -0.1) is 0 Å². The number of carbonyl (C=O) groups is 1. The Labute approximate surface area is 218 Å². The first-order valence-electron chi connectivity index (χ1n) is 12.8. The summed E-state index contributed by atoms with van der Waals surface area (Å²) in [5.41, 5.74) is 10.1. The van der Waals surface area contributed by atoms with Gasteiger partial charge in [0.2, 0.25) is 0 Å². The van der Waals surface area contributed by atoms with Crippen molar-refractivity contribution in [2.75, 3.05) is 29.0 Å². The topological polar surface area (TPSA) is 129 Å². The SMILES string of the molecule is Cn1ccc(-c2cn(C3CCC(C(=O)Nc4ccc5ccc(N6CCC6)nc5c4)O3)c3ncnc(N)c23)n1. The van der Waals surface area contributed by atoms with Crippen LogP contribution in [0, 0.1) is 0 Å². The molecule has 0 saturated carbocycles. The number of nitrogen functional groups attached to an aromatic ring is 1. The summed E-state index contributed by atoms with van der Waals surface area (Å²) in [6, 6.07) is 11.8. The van der Waals surface area contributed by atoms with E-state index in [9.17, 15) is 4.79 Å². The number of rotatable bonds is 5. The second-order valence-corrected chi connectivity index (χ2v) is 9.85. The number of aryl methyl sites for hydroxylation is 1. The number of nitrogens with zero attached hydrogens (tertiary/aromatic N) is 7. The number of hydrogen-bond acceptors (Lipinski definition) is 8. The van der Waals surface area contributed by atoms with Gasteiger partial charge in [-0.25, -0.2) is 15.0 Å². The van der Waals surface area contributed by atoms with Crippen LogP contribution in [0.2, 0.25) is 0 Å². The molecule has 7 rings (SSSR count). The zero-order valence-corrected chi connectivity index (χ0v) is 20.9. The van der Waals surface area contributed by atoms with Crippen molar-refractivity contribution in [3.63, 3.8) is 0 Å². The number of amides is 1. The number of anilines is 3. The summed E-state index contributed by atoms with van der Waals surface area (Å²) < 4.78 is 9.91. The van der Waals surface area contributed by atoms with Gasteiger partial charge in [-0.2, -0.15) is 5.10 Å². The van der Waals surface area contributed by atoms with Gasteiger partial charge in [-0.3, -0.25) is 9.48 Å². The number of nitrogens with two attached hydrogens (primary N) is 1. The van der Waals surface area contributed by atoms with E-state index in [-0.39, 0.29) is 12.1 Å². The van der Waals surface area contributed by atoms with E-state index in [0.29, 0.717) is 30.0 Å². The van der Waals surface area contributed by atoms with Crippen LogP contribution in [0.5, 0.6) is 0 Å². The third-order valence-corrected chi connectivity index (χ3v) is 7.35. The van der Waals surface area contributed by atoms with Crippen LogP contribution in [0.3, 0.4) is 0 Å². The highest BCUT2D eigenvalue weighted by Crippen LogP contribution is 2.37. The molecule has 0 aliphatic carbocycles. The van der Waals surface area contributed by atoms with Crippen LogP contribution in [-0.2, 0) is 16.6 Å². The molecule has 4 aromatic heterocycles. The Morgan fingerprint density at radius 3 is 2.79 bits per heavy atom. The van der Waals surface area contributed by atoms with Crippen molar-refractivity contribution >= 4 is 45.2 Å². The fraction of sp³-hybridized carbons (Fsp3) is 0.296. The molecular weight excluding hydrogens is 482 g/mol. The number of hydrogen-bond donors (Lipinski definition) is 2. The number of pyridine rings is 1. The van der Waals surface area contributed by atoms with Crippen LogP contribution in [0.25, 0.3) is 33.2 Å². The lowest BCUT2D eigenvalue weighted by Crippen LogP contribution is -2.37. The standard InChI is InChI=1S/C27H27N9O2/c1-34-12-9-19(33-34)18-14-36(26-24(18)25(28)29-15-30-26)23-8-6-21(38-23)27(37)31-17-5-3-16-4-7-22(32-20(16)13-17)35-10-2-11-35/h3-5,7,9,12-15,21,23H,2,6,8,10-11H2,1H3,(H,31,37)(H2,28,29,30). The molecule has 2 atom stereocenters. The van der Waals surface area contributed by atoms with E-state index in [1.54, 1.807) is 4.68 Å². The first-order valence-corrected chi connectivity index (χ1v) is 12.8. The summed E-state index contributed by atoms with van der Waals surface area (Å²) in [5, 5.41) is 9.31. The van der Waals surface area contributed by atoms with Crippen molar-refractivity contribution in [1.82, 2.24) is 29.3 Å². The predicted molar refractivity (Wildman–Crippen MR) is 144 cm³/mol. The van der Waals surface area contributed by atoms with E-state index < -0.39 is 6.10 Å². The van der Waals surface area contributed by atoms with E-state index in [4.69, 9.17) is 15.5 Å². The number of benzene rings is 1. The molecule has 0 spiro atoms. The minimum absolute atomic E-state index is 0.179. The molecule has 5 aromatic rings. The molecule has 192 valence electrons. The Morgan fingerprint density at radius 1 is 1.13 bits per heavy atom. The smallest absolute Gasteiger partial charge is 0.253 e. The molecule has 0 radical (unpaired) electrons. The highest BCUT2D eigenvalue weighted by Gasteiger charge is 2.33. The van der Waals surface area contributed by atoms with Crippen molar-refractivity contribution < 1.29 is 9.53 Å². The summed E-state index contributed by atoms with van der Waals surface area (Å²) in [4.78, 5) is 28.9. The van der Waals surface area contributed by atoms with E-state index >= 15 is 0 Å². The van der Waals surface area contributed by atoms with E-state index in [1.165, 1.54) is 12.7 Å².